The summed E-state index contributed by atoms with van der Waals surface area (Å²) in [5.41, 5.74) is -0.539. The van der Waals surface area contributed by atoms with Crippen molar-refractivity contribution in [1.82, 2.24) is 24.9 Å². The summed E-state index contributed by atoms with van der Waals surface area (Å²) in [6.07, 6.45) is -2.95. The number of hydrogen-bond acceptors (Lipinski definition) is 5. The molecule has 2 rings (SSSR count). The van der Waals surface area contributed by atoms with Gasteiger partial charge in [0, 0.05) is 18.8 Å². The highest BCUT2D eigenvalue weighted by atomic mass is 19.4. The number of aryl methyl sites for hydroxylation is 3. The number of carbonyl (C=O) groups is 1. The normalized spacial score (nSPS) is 11.6. The molecule has 0 saturated carbocycles. The monoisotopic (exact) mass is 374 g/mol. The van der Waals surface area contributed by atoms with Gasteiger partial charge in [0.05, 0.1) is 4.92 Å². The summed E-state index contributed by atoms with van der Waals surface area (Å²) >= 11 is 0. The Bertz CT molecular complexity index is 811. The van der Waals surface area contributed by atoms with E-state index in [9.17, 15) is 28.1 Å². The third kappa shape index (κ3) is 4.80. The van der Waals surface area contributed by atoms with E-state index in [1.54, 1.807) is 0 Å². The van der Waals surface area contributed by atoms with E-state index in [2.05, 4.69) is 15.5 Å². The van der Waals surface area contributed by atoms with E-state index in [1.807, 2.05) is 0 Å². The van der Waals surface area contributed by atoms with Crippen LogP contribution in [0.3, 0.4) is 0 Å². The first-order chi connectivity index (χ1) is 12.1. The second kappa shape index (κ2) is 7.54. The molecule has 0 radical (unpaired) electrons. The average Bonchev–Trinajstić information content (AvgIpc) is 3.06. The van der Waals surface area contributed by atoms with Gasteiger partial charge in [0.1, 0.15) is 18.4 Å². The fraction of sp³-hybridized carbons (Fsp3) is 0.500. The summed E-state index contributed by atoms with van der Waals surface area (Å²) < 4.78 is 40.1. The Morgan fingerprint density at radius 3 is 2.58 bits per heavy atom. The van der Waals surface area contributed by atoms with Crippen LogP contribution in [0.5, 0.6) is 0 Å². The minimum Gasteiger partial charge on any atom is -0.354 e. The molecular formula is C14H17F3N6O3. The second-order valence-corrected chi connectivity index (χ2v) is 5.65. The number of aromatic nitrogens is 4. The summed E-state index contributed by atoms with van der Waals surface area (Å²) in [7, 11) is 0. The summed E-state index contributed by atoms with van der Waals surface area (Å²) in [5, 5.41) is 20.7. The molecule has 9 nitrogen and oxygen atoms in total. The number of halogens is 3. The lowest BCUT2D eigenvalue weighted by Gasteiger charge is -2.07. The first-order valence-corrected chi connectivity index (χ1v) is 7.64. The zero-order chi connectivity index (χ0) is 19.5. The molecule has 2 aromatic rings. The lowest BCUT2D eigenvalue weighted by molar-refractivity contribution is -0.385. The van der Waals surface area contributed by atoms with Crippen LogP contribution in [-0.2, 0) is 24.1 Å². The molecule has 0 saturated heterocycles. The van der Waals surface area contributed by atoms with Gasteiger partial charge in [-0.25, -0.2) is 0 Å². The molecule has 12 heteroatoms. The van der Waals surface area contributed by atoms with E-state index < -0.39 is 22.7 Å². The van der Waals surface area contributed by atoms with Gasteiger partial charge in [0.15, 0.2) is 5.69 Å². The highest BCUT2D eigenvalue weighted by molar-refractivity contribution is 5.75. The molecule has 0 aliphatic carbocycles. The Labute approximate surface area is 145 Å². The molecule has 0 unspecified atom stereocenters. The molecule has 2 heterocycles. The van der Waals surface area contributed by atoms with Gasteiger partial charge in [0.2, 0.25) is 5.91 Å². The van der Waals surface area contributed by atoms with Gasteiger partial charge >= 0.3 is 11.9 Å². The Kier molecular flexibility index (Phi) is 5.63. The maximum absolute atomic E-state index is 12.6. The van der Waals surface area contributed by atoms with Gasteiger partial charge in [-0.05, 0) is 26.3 Å². The van der Waals surface area contributed by atoms with Crippen LogP contribution >= 0.6 is 0 Å². The minimum absolute atomic E-state index is 0.174. The molecule has 0 spiro atoms. The van der Waals surface area contributed by atoms with Crippen molar-refractivity contribution in [3.8, 4) is 0 Å². The number of carbonyl (C=O) groups excluding carboxylic acids is 1. The van der Waals surface area contributed by atoms with Crippen molar-refractivity contribution < 1.29 is 22.9 Å². The van der Waals surface area contributed by atoms with Crippen LogP contribution in [0.25, 0.3) is 0 Å². The van der Waals surface area contributed by atoms with Gasteiger partial charge in [-0.1, -0.05) is 0 Å². The van der Waals surface area contributed by atoms with Crippen molar-refractivity contribution in [2.75, 3.05) is 6.54 Å². The molecule has 0 aliphatic rings. The van der Waals surface area contributed by atoms with Crippen LogP contribution in [0.1, 0.15) is 23.5 Å². The molecule has 0 aliphatic heterocycles. The van der Waals surface area contributed by atoms with Crippen molar-refractivity contribution in [2.24, 2.45) is 0 Å². The van der Waals surface area contributed by atoms with E-state index in [0.29, 0.717) is 12.1 Å². The number of amides is 1. The third-order valence-electron chi connectivity index (χ3n) is 3.56. The predicted octanol–water partition coefficient (Wildman–Crippen LogP) is 1.83. The fourth-order valence-corrected chi connectivity index (χ4v) is 2.30. The summed E-state index contributed by atoms with van der Waals surface area (Å²) in [6.45, 7) is 3.24. The van der Waals surface area contributed by atoms with Crippen LogP contribution in [0.2, 0.25) is 0 Å². The Morgan fingerprint density at radius 2 is 2.04 bits per heavy atom. The van der Waals surface area contributed by atoms with E-state index in [1.165, 1.54) is 24.7 Å². The molecule has 0 atom stereocenters. The molecule has 1 amide bonds. The summed E-state index contributed by atoms with van der Waals surface area (Å²) in [5.74, 6) is -0.407. The molecular weight excluding hydrogens is 357 g/mol. The smallest absolute Gasteiger partial charge is 0.354 e. The van der Waals surface area contributed by atoms with E-state index in [0.717, 1.165) is 10.7 Å². The SMILES string of the molecule is Cc1nn(CC(=O)NCCCn2nc(C(F)(F)F)cc2C)cc1[N+](=O)[O-]. The zero-order valence-corrected chi connectivity index (χ0v) is 14.1. The average molecular weight is 374 g/mol. The number of nitrogens with one attached hydrogen (secondary N) is 1. The topological polar surface area (TPSA) is 108 Å². The number of nitro groups is 1. The minimum atomic E-state index is -4.49. The van der Waals surface area contributed by atoms with Crippen LogP contribution < -0.4 is 5.32 Å². The van der Waals surface area contributed by atoms with Crippen LogP contribution in [-0.4, -0.2) is 36.9 Å². The second-order valence-electron chi connectivity index (χ2n) is 5.65. The van der Waals surface area contributed by atoms with Gasteiger partial charge in [-0.2, -0.15) is 23.4 Å². The highest BCUT2D eigenvalue weighted by Gasteiger charge is 2.34. The van der Waals surface area contributed by atoms with E-state index >= 15 is 0 Å². The van der Waals surface area contributed by atoms with Crippen LogP contribution in [0.4, 0.5) is 18.9 Å². The lowest BCUT2D eigenvalue weighted by Crippen LogP contribution is -2.29. The third-order valence-corrected chi connectivity index (χ3v) is 3.56. The lowest BCUT2D eigenvalue weighted by atomic mass is 10.3. The van der Waals surface area contributed by atoms with Gasteiger partial charge in [-0.15, -0.1) is 0 Å². The van der Waals surface area contributed by atoms with Gasteiger partial charge in [-0.3, -0.25) is 24.3 Å². The Morgan fingerprint density at radius 1 is 1.35 bits per heavy atom. The summed E-state index contributed by atoms with van der Waals surface area (Å²) in [4.78, 5) is 21.9. The fourth-order valence-electron chi connectivity index (χ4n) is 2.30. The highest BCUT2D eigenvalue weighted by Crippen LogP contribution is 2.28. The number of hydrogen-bond donors (Lipinski definition) is 1. The first kappa shape index (κ1) is 19.4. The van der Waals surface area contributed by atoms with Crippen molar-refractivity contribution >= 4 is 11.6 Å². The van der Waals surface area contributed by atoms with Crippen molar-refractivity contribution in [1.29, 1.82) is 0 Å². The van der Waals surface area contributed by atoms with Gasteiger partial charge in [0.25, 0.3) is 0 Å². The first-order valence-electron chi connectivity index (χ1n) is 7.64. The van der Waals surface area contributed by atoms with Gasteiger partial charge < -0.3 is 5.32 Å². The number of rotatable bonds is 7. The maximum Gasteiger partial charge on any atom is 0.435 e. The molecule has 1 N–H and O–H groups in total. The Hall–Kier alpha value is -2.92. The molecule has 0 aromatic carbocycles. The number of alkyl halides is 3. The van der Waals surface area contributed by atoms with Crippen LogP contribution in [0.15, 0.2) is 12.3 Å². The quantitative estimate of drug-likeness (QED) is 0.452. The molecule has 26 heavy (non-hydrogen) atoms. The van der Waals surface area contributed by atoms with Crippen LogP contribution in [0, 0.1) is 24.0 Å². The molecule has 0 bridgehead atoms. The Balaban J connectivity index is 1.79. The molecule has 2 aromatic heterocycles. The summed E-state index contributed by atoms with van der Waals surface area (Å²) in [6, 6.07) is 0.964. The standard InChI is InChI=1S/C14H17F3N6O3/c1-9-6-12(14(15,16)17)20-22(9)5-3-4-18-13(24)8-21-7-11(23(25)26)10(2)19-21/h6-7H,3-5,8H2,1-2H3,(H,18,24). The van der Waals surface area contributed by atoms with E-state index in [-0.39, 0.29) is 31.0 Å². The van der Waals surface area contributed by atoms with Crippen molar-refractivity contribution in [3.63, 3.8) is 0 Å². The molecule has 0 fully saturated rings. The number of nitrogens with zero attached hydrogens (tertiary/aromatic N) is 5. The largest absolute Gasteiger partial charge is 0.435 e. The zero-order valence-electron chi connectivity index (χ0n) is 14.1. The maximum atomic E-state index is 12.6. The van der Waals surface area contributed by atoms with Crippen molar-refractivity contribution in [2.45, 2.75) is 39.5 Å². The molecule has 142 valence electrons. The van der Waals surface area contributed by atoms with E-state index in [4.69, 9.17) is 0 Å². The predicted molar refractivity (Wildman–Crippen MR) is 83.2 cm³/mol. The van der Waals surface area contributed by atoms with Crippen molar-refractivity contribution in [3.05, 3.63) is 39.5 Å².